The van der Waals surface area contributed by atoms with E-state index in [9.17, 15) is 14.7 Å². The van der Waals surface area contributed by atoms with Crippen LogP contribution in [0.5, 0.6) is 0 Å². The van der Waals surface area contributed by atoms with Gasteiger partial charge in [0.05, 0.1) is 29.2 Å². The number of para-hydroxylation sites is 1. The normalized spacial score (nSPS) is 20.2. The lowest BCUT2D eigenvalue weighted by Crippen LogP contribution is -2.37. The molecule has 0 aliphatic carbocycles. The standard InChI is InChI=1S/C16H17BrN4O3/c1-16(14(22)23)6-7-20(10-16)15(24)19-11-8-18-21(9-11)13-5-3-2-4-12(13)17/h2-5,8-9H,6-7,10H2,1H3,(H,19,24)(H,22,23). The minimum absolute atomic E-state index is 0.201. The first-order chi connectivity index (χ1) is 11.4. The molecule has 1 aliphatic rings. The van der Waals surface area contributed by atoms with Gasteiger partial charge in [-0.3, -0.25) is 4.79 Å². The van der Waals surface area contributed by atoms with Crippen LogP contribution < -0.4 is 5.32 Å². The molecule has 2 aromatic rings. The molecule has 2 N–H and O–H groups in total. The number of aliphatic carboxylic acids is 1. The number of urea groups is 1. The minimum atomic E-state index is -0.879. The average molecular weight is 393 g/mol. The van der Waals surface area contributed by atoms with E-state index >= 15 is 0 Å². The molecule has 1 aromatic heterocycles. The highest BCUT2D eigenvalue weighted by Crippen LogP contribution is 2.30. The van der Waals surface area contributed by atoms with Crippen LogP contribution in [0.25, 0.3) is 5.69 Å². The predicted octanol–water partition coefficient (Wildman–Crippen LogP) is 2.96. The number of nitrogens with zero attached hydrogens (tertiary/aromatic N) is 3. The number of nitrogens with one attached hydrogen (secondary N) is 1. The predicted molar refractivity (Wildman–Crippen MR) is 92.2 cm³/mol. The van der Waals surface area contributed by atoms with E-state index in [2.05, 4.69) is 26.3 Å². The van der Waals surface area contributed by atoms with Crippen LogP contribution in [0, 0.1) is 5.41 Å². The average Bonchev–Trinajstić information content (AvgIpc) is 3.15. The van der Waals surface area contributed by atoms with Gasteiger partial charge in [0.15, 0.2) is 0 Å². The van der Waals surface area contributed by atoms with Crippen LogP contribution in [0.15, 0.2) is 41.1 Å². The molecule has 8 heteroatoms. The number of likely N-dealkylation sites (tertiary alicyclic amines) is 1. The maximum absolute atomic E-state index is 12.3. The van der Waals surface area contributed by atoms with Gasteiger partial charge in [-0.2, -0.15) is 5.10 Å². The van der Waals surface area contributed by atoms with Gasteiger partial charge in [0, 0.05) is 17.6 Å². The summed E-state index contributed by atoms with van der Waals surface area (Å²) in [5.41, 5.74) is 0.536. The van der Waals surface area contributed by atoms with Crippen LogP contribution >= 0.6 is 15.9 Å². The molecule has 1 aromatic carbocycles. The monoisotopic (exact) mass is 392 g/mol. The Bertz CT molecular complexity index is 791. The smallest absolute Gasteiger partial charge is 0.321 e. The summed E-state index contributed by atoms with van der Waals surface area (Å²) in [6, 6.07) is 7.31. The molecule has 1 unspecified atom stereocenters. The molecule has 1 fully saturated rings. The maximum atomic E-state index is 12.3. The summed E-state index contributed by atoms with van der Waals surface area (Å²) in [6.07, 6.45) is 3.72. The van der Waals surface area contributed by atoms with E-state index in [1.165, 1.54) is 4.90 Å². The molecular formula is C16H17BrN4O3. The Hall–Kier alpha value is -2.35. The van der Waals surface area contributed by atoms with Gasteiger partial charge in [0.1, 0.15) is 0 Å². The third kappa shape index (κ3) is 3.14. The summed E-state index contributed by atoms with van der Waals surface area (Å²) in [5.74, 6) is -0.875. The minimum Gasteiger partial charge on any atom is -0.481 e. The number of carbonyl (C=O) groups is 2. The molecule has 0 radical (unpaired) electrons. The second-order valence-corrected chi connectivity index (χ2v) is 6.95. The van der Waals surface area contributed by atoms with Crippen LogP contribution in [0.2, 0.25) is 0 Å². The second-order valence-electron chi connectivity index (χ2n) is 6.09. The van der Waals surface area contributed by atoms with Crippen molar-refractivity contribution in [1.29, 1.82) is 0 Å². The third-order valence-corrected chi connectivity index (χ3v) is 4.88. The molecule has 126 valence electrons. The van der Waals surface area contributed by atoms with Crippen molar-refractivity contribution < 1.29 is 14.7 Å². The molecule has 0 saturated carbocycles. The Morgan fingerprint density at radius 3 is 2.79 bits per heavy atom. The fourth-order valence-corrected chi connectivity index (χ4v) is 3.13. The van der Waals surface area contributed by atoms with Crippen molar-refractivity contribution in [1.82, 2.24) is 14.7 Å². The third-order valence-electron chi connectivity index (χ3n) is 4.21. The molecule has 2 heterocycles. The summed E-state index contributed by atoms with van der Waals surface area (Å²) in [7, 11) is 0. The highest BCUT2D eigenvalue weighted by molar-refractivity contribution is 9.10. The van der Waals surface area contributed by atoms with E-state index in [-0.39, 0.29) is 12.6 Å². The highest BCUT2D eigenvalue weighted by atomic mass is 79.9. The molecule has 1 saturated heterocycles. The number of hydrogen-bond donors (Lipinski definition) is 2. The van der Waals surface area contributed by atoms with Crippen molar-refractivity contribution in [2.45, 2.75) is 13.3 Å². The first-order valence-corrected chi connectivity index (χ1v) is 8.27. The topological polar surface area (TPSA) is 87.5 Å². The molecule has 3 rings (SSSR count). The number of rotatable bonds is 3. The van der Waals surface area contributed by atoms with Gasteiger partial charge in [-0.1, -0.05) is 12.1 Å². The number of carboxylic acids is 1. The van der Waals surface area contributed by atoms with Crippen LogP contribution in [0.4, 0.5) is 10.5 Å². The summed E-state index contributed by atoms with van der Waals surface area (Å²) < 4.78 is 2.55. The zero-order chi connectivity index (χ0) is 17.3. The number of hydrogen-bond acceptors (Lipinski definition) is 3. The van der Waals surface area contributed by atoms with Crippen molar-refractivity contribution >= 4 is 33.6 Å². The van der Waals surface area contributed by atoms with E-state index < -0.39 is 11.4 Å². The lowest BCUT2D eigenvalue weighted by molar-refractivity contribution is -0.146. The van der Waals surface area contributed by atoms with E-state index in [1.54, 1.807) is 24.0 Å². The molecule has 0 bridgehead atoms. The fraction of sp³-hybridized carbons (Fsp3) is 0.312. The van der Waals surface area contributed by atoms with Crippen LogP contribution in [0.3, 0.4) is 0 Å². The van der Waals surface area contributed by atoms with E-state index in [0.29, 0.717) is 18.7 Å². The number of carboxylic acid groups (broad SMARTS) is 1. The van der Waals surface area contributed by atoms with Crippen LogP contribution in [-0.4, -0.2) is 44.9 Å². The molecule has 1 aliphatic heterocycles. The summed E-state index contributed by atoms with van der Waals surface area (Å²) in [4.78, 5) is 25.1. The van der Waals surface area contributed by atoms with Crippen molar-refractivity contribution in [2.75, 3.05) is 18.4 Å². The lowest BCUT2D eigenvalue weighted by atomic mass is 9.90. The Morgan fingerprint density at radius 2 is 2.12 bits per heavy atom. The molecule has 7 nitrogen and oxygen atoms in total. The fourth-order valence-electron chi connectivity index (χ4n) is 2.67. The number of benzene rings is 1. The second kappa shape index (κ2) is 6.27. The van der Waals surface area contributed by atoms with E-state index in [1.807, 2.05) is 24.3 Å². The van der Waals surface area contributed by atoms with Gasteiger partial charge in [-0.15, -0.1) is 0 Å². The van der Waals surface area contributed by atoms with E-state index in [4.69, 9.17) is 0 Å². The Morgan fingerprint density at radius 1 is 1.38 bits per heavy atom. The van der Waals surface area contributed by atoms with Crippen molar-refractivity contribution in [3.8, 4) is 5.69 Å². The van der Waals surface area contributed by atoms with Crippen LogP contribution in [-0.2, 0) is 4.79 Å². The first kappa shape index (κ1) is 16.5. The van der Waals surface area contributed by atoms with Gasteiger partial charge < -0.3 is 15.3 Å². The van der Waals surface area contributed by atoms with Gasteiger partial charge in [0.2, 0.25) is 0 Å². The Kier molecular flexibility index (Phi) is 4.31. The first-order valence-electron chi connectivity index (χ1n) is 7.48. The molecule has 24 heavy (non-hydrogen) atoms. The van der Waals surface area contributed by atoms with E-state index in [0.717, 1.165) is 10.2 Å². The van der Waals surface area contributed by atoms with Gasteiger partial charge in [0.25, 0.3) is 0 Å². The molecule has 1 atom stereocenters. The molecule has 2 amide bonds. The summed E-state index contributed by atoms with van der Waals surface area (Å²) in [6.45, 7) is 2.28. The SMILES string of the molecule is CC1(C(=O)O)CCN(C(=O)Nc2cnn(-c3ccccc3Br)c2)C1. The Balaban J connectivity index is 1.69. The zero-order valence-corrected chi connectivity index (χ0v) is 14.7. The number of halogens is 1. The molecule has 0 spiro atoms. The number of anilines is 1. The maximum Gasteiger partial charge on any atom is 0.321 e. The van der Waals surface area contributed by atoms with Crippen molar-refractivity contribution in [2.24, 2.45) is 5.41 Å². The summed E-state index contributed by atoms with van der Waals surface area (Å²) in [5, 5.41) is 16.2. The largest absolute Gasteiger partial charge is 0.481 e. The van der Waals surface area contributed by atoms with Gasteiger partial charge in [-0.05, 0) is 41.4 Å². The van der Waals surface area contributed by atoms with Gasteiger partial charge in [-0.25, -0.2) is 9.48 Å². The molecular weight excluding hydrogens is 376 g/mol. The number of amides is 2. The van der Waals surface area contributed by atoms with Crippen LogP contribution in [0.1, 0.15) is 13.3 Å². The lowest BCUT2D eigenvalue weighted by Gasteiger charge is -2.20. The quantitative estimate of drug-likeness (QED) is 0.840. The summed E-state index contributed by atoms with van der Waals surface area (Å²) >= 11 is 3.46. The van der Waals surface area contributed by atoms with Crippen molar-refractivity contribution in [3.05, 3.63) is 41.1 Å². The Labute approximate surface area is 147 Å². The zero-order valence-electron chi connectivity index (χ0n) is 13.1. The van der Waals surface area contributed by atoms with Gasteiger partial charge >= 0.3 is 12.0 Å². The van der Waals surface area contributed by atoms with Crippen molar-refractivity contribution in [3.63, 3.8) is 0 Å². The number of carbonyl (C=O) groups excluding carboxylic acids is 1. The number of aromatic nitrogens is 2. The highest BCUT2D eigenvalue weighted by Gasteiger charge is 2.42.